The number of nitrogens with one attached hydrogen (secondary N) is 1. The van der Waals surface area contributed by atoms with Crippen LogP contribution in [0.2, 0.25) is 0 Å². The molecule has 18 heavy (non-hydrogen) atoms. The highest BCUT2D eigenvalue weighted by Crippen LogP contribution is 2.15. The summed E-state index contributed by atoms with van der Waals surface area (Å²) in [6, 6.07) is 5.39. The minimum absolute atomic E-state index is 0.118. The van der Waals surface area contributed by atoms with Gasteiger partial charge in [-0.1, -0.05) is 31.5 Å². The van der Waals surface area contributed by atoms with Crippen molar-refractivity contribution in [2.45, 2.75) is 37.6 Å². The molecule has 0 unspecified atom stereocenters. The summed E-state index contributed by atoms with van der Waals surface area (Å²) in [5.74, 6) is -1.16. The van der Waals surface area contributed by atoms with Crippen LogP contribution in [0.5, 0.6) is 0 Å². The molecule has 0 bridgehead atoms. The van der Waals surface area contributed by atoms with Crippen LogP contribution in [0, 0.1) is 6.92 Å². The highest BCUT2D eigenvalue weighted by molar-refractivity contribution is 7.89. The molecule has 0 radical (unpaired) electrons. The normalized spacial score (nSPS) is 13.2. The van der Waals surface area contributed by atoms with Crippen LogP contribution in [0.4, 0.5) is 0 Å². The van der Waals surface area contributed by atoms with E-state index in [9.17, 15) is 13.2 Å². The van der Waals surface area contributed by atoms with Crippen molar-refractivity contribution in [3.63, 3.8) is 0 Å². The van der Waals surface area contributed by atoms with Crippen molar-refractivity contribution in [1.29, 1.82) is 0 Å². The summed E-state index contributed by atoms with van der Waals surface area (Å²) in [7, 11) is -3.79. The third-order valence-electron chi connectivity index (χ3n) is 2.56. The smallest absolute Gasteiger partial charge is 0.321 e. The Kier molecular flexibility index (Phi) is 4.86. The van der Waals surface area contributed by atoms with Gasteiger partial charge in [-0.2, -0.15) is 4.72 Å². The van der Waals surface area contributed by atoms with E-state index in [1.807, 2.05) is 0 Å². The van der Waals surface area contributed by atoms with Crippen molar-refractivity contribution in [3.05, 3.63) is 29.8 Å². The van der Waals surface area contributed by atoms with E-state index in [0.717, 1.165) is 0 Å². The summed E-state index contributed by atoms with van der Waals surface area (Å²) >= 11 is 0. The molecule has 6 heteroatoms. The van der Waals surface area contributed by atoms with Gasteiger partial charge >= 0.3 is 5.97 Å². The molecule has 2 N–H and O–H groups in total. The van der Waals surface area contributed by atoms with E-state index in [-0.39, 0.29) is 11.3 Å². The average Bonchev–Trinajstić information content (AvgIpc) is 2.28. The molecule has 0 spiro atoms. The lowest BCUT2D eigenvalue weighted by molar-refractivity contribution is -0.139. The number of hydrogen-bond acceptors (Lipinski definition) is 3. The number of benzene rings is 1. The Balaban J connectivity index is 3.01. The number of carboxylic acids is 1. The quantitative estimate of drug-likeness (QED) is 0.821. The topological polar surface area (TPSA) is 83.5 Å². The molecule has 100 valence electrons. The molecule has 0 fully saturated rings. The second-order valence-corrected chi connectivity index (χ2v) is 5.75. The van der Waals surface area contributed by atoms with Crippen LogP contribution in [0.15, 0.2) is 29.2 Å². The summed E-state index contributed by atoms with van der Waals surface area (Å²) in [6.07, 6.45) is 0.855. The lowest BCUT2D eigenvalue weighted by atomic mass is 10.2. The van der Waals surface area contributed by atoms with Crippen molar-refractivity contribution in [2.75, 3.05) is 0 Å². The third-order valence-corrected chi connectivity index (χ3v) is 4.19. The van der Waals surface area contributed by atoms with E-state index in [0.29, 0.717) is 12.0 Å². The van der Waals surface area contributed by atoms with Gasteiger partial charge in [-0.05, 0) is 25.0 Å². The zero-order valence-corrected chi connectivity index (χ0v) is 11.2. The molecule has 0 heterocycles. The number of sulfonamides is 1. The predicted molar refractivity (Wildman–Crippen MR) is 67.8 cm³/mol. The molecule has 0 aliphatic carbocycles. The minimum Gasteiger partial charge on any atom is -0.480 e. The van der Waals surface area contributed by atoms with Crippen LogP contribution in [0.25, 0.3) is 0 Å². The monoisotopic (exact) mass is 271 g/mol. The van der Waals surface area contributed by atoms with Crippen LogP contribution in [0.3, 0.4) is 0 Å². The van der Waals surface area contributed by atoms with E-state index >= 15 is 0 Å². The summed E-state index contributed by atoms with van der Waals surface area (Å²) in [6.45, 7) is 3.47. The van der Waals surface area contributed by atoms with Crippen LogP contribution in [-0.2, 0) is 14.8 Å². The first-order valence-electron chi connectivity index (χ1n) is 5.69. The fraction of sp³-hybridized carbons (Fsp3) is 0.417. The third kappa shape index (κ3) is 3.54. The van der Waals surface area contributed by atoms with Crippen molar-refractivity contribution < 1.29 is 18.3 Å². The van der Waals surface area contributed by atoms with Crippen LogP contribution in [-0.4, -0.2) is 25.5 Å². The number of carboxylic acid groups (broad SMARTS) is 1. The summed E-state index contributed by atoms with van der Waals surface area (Å²) < 4.78 is 26.4. The number of aliphatic carboxylic acids is 1. The molecule has 1 aromatic rings. The van der Waals surface area contributed by atoms with Crippen molar-refractivity contribution in [3.8, 4) is 0 Å². The van der Waals surface area contributed by atoms with Crippen molar-refractivity contribution in [2.24, 2.45) is 0 Å². The van der Waals surface area contributed by atoms with Gasteiger partial charge in [-0.15, -0.1) is 0 Å². The van der Waals surface area contributed by atoms with Gasteiger partial charge < -0.3 is 5.11 Å². The SMILES string of the molecule is CCC[C@H](NS(=O)(=O)c1ccccc1C)C(=O)O. The predicted octanol–water partition coefficient (Wildman–Crippen LogP) is 1.53. The Hall–Kier alpha value is -1.40. The van der Waals surface area contributed by atoms with Gasteiger partial charge in [0, 0.05) is 0 Å². The van der Waals surface area contributed by atoms with Gasteiger partial charge in [0.1, 0.15) is 6.04 Å². The van der Waals surface area contributed by atoms with E-state index in [1.165, 1.54) is 6.07 Å². The number of aryl methyl sites for hydroxylation is 1. The van der Waals surface area contributed by atoms with Crippen molar-refractivity contribution >= 4 is 16.0 Å². The first-order valence-corrected chi connectivity index (χ1v) is 7.17. The van der Waals surface area contributed by atoms with Crippen LogP contribution < -0.4 is 4.72 Å². The van der Waals surface area contributed by atoms with Gasteiger partial charge in [0.25, 0.3) is 0 Å². The van der Waals surface area contributed by atoms with Gasteiger partial charge in [0.15, 0.2) is 0 Å². The summed E-state index contributed by atoms with van der Waals surface area (Å²) in [4.78, 5) is 11.1. The Bertz CT molecular complexity index is 525. The molecule has 1 atom stereocenters. The first kappa shape index (κ1) is 14.7. The van der Waals surface area contributed by atoms with Crippen molar-refractivity contribution in [1.82, 2.24) is 4.72 Å². The Morgan fingerprint density at radius 2 is 2.00 bits per heavy atom. The number of rotatable bonds is 6. The molecule has 0 aliphatic rings. The van der Waals surface area contributed by atoms with E-state index in [2.05, 4.69) is 4.72 Å². The van der Waals surface area contributed by atoms with Crippen LogP contribution >= 0.6 is 0 Å². The second-order valence-electron chi connectivity index (χ2n) is 4.07. The molecule has 1 aromatic carbocycles. The number of hydrogen-bond donors (Lipinski definition) is 2. The van der Waals surface area contributed by atoms with E-state index in [4.69, 9.17) is 5.11 Å². The van der Waals surface area contributed by atoms with E-state index in [1.54, 1.807) is 32.0 Å². The largest absolute Gasteiger partial charge is 0.480 e. The molecule has 0 saturated carbocycles. The highest BCUT2D eigenvalue weighted by Gasteiger charge is 2.25. The maximum absolute atomic E-state index is 12.1. The fourth-order valence-electron chi connectivity index (χ4n) is 1.63. The lowest BCUT2D eigenvalue weighted by Crippen LogP contribution is -2.40. The first-order chi connectivity index (χ1) is 8.38. The molecule has 1 rings (SSSR count). The molecule has 0 aromatic heterocycles. The summed E-state index contributed by atoms with van der Waals surface area (Å²) in [5.41, 5.74) is 0.589. The maximum atomic E-state index is 12.1. The Morgan fingerprint density at radius 1 is 1.39 bits per heavy atom. The minimum atomic E-state index is -3.79. The molecule has 5 nitrogen and oxygen atoms in total. The lowest BCUT2D eigenvalue weighted by Gasteiger charge is -2.15. The van der Waals surface area contributed by atoms with Gasteiger partial charge in [-0.25, -0.2) is 8.42 Å². The average molecular weight is 271 g/mol. The zero-order valence-electron chi connectivity index (χ0n) is 10.4. The molecular weight excluding hydrogens is 254 g/mol. The highest BCUT2D eigenvalue weighted by atomic mass is 32.2. The Morgan fingerprint density at radius 3 is 2.50 bits per heavy atom. The van der Waals surface area contributed by atoms with Crippen LogP contribution in [0.1, 0.15) is 25.3 Å². The van der Waals surface area contributed by atoms with E-state index < -0.39 is 22.0 Å². The summed E-state index contributed by atoms with van der Waals surface area (Å²) in [5, 5.41) is 8.96. The van der Waals surface area contributed by atoms with Gasteiger partial charge in [0.2, 0.25) is 10.0 Å². The maximum Gasteiger partial charge on any atom is 0.321 e. The molecule has 0 aliphatic heterocycles. The second kappa shape index (κ2) is 5.97. The molecular formula is C12H17NO4S. The van der Waals surface area contributed by atoms with Gasteiger partial charge in [0.05, 0.1) is 4.90 Å². The Labute approximate surface area is 107 Å². The fourth-order valence-corrected chi connectivity index (χ4v) is 3.10. The molecule has 0 saturated heterocycles. The standard InChI is InChI=1S/C12H17NO4S/c1-3-6-10(12(14)15)13-18(16,17)11-8-5-4-7-9(11)2/h4-5,7-8,10,13H,3,6H2,1-2H3,(H,14,15)/t10-/m0/s1. The number of carbonyl (C=O) groups is 1. The van der Waals surface area contributed by atoms with Gasteiger partial charge in [-0.3, -0.25) is 4.79 Å². The zero-order chi connectivity index (χ0) is 13.8. The molecule has 0 amide bonds.